The summed E-state index contributed by atoms with van der Waals surface area (Å²) in [6.07, 6.45) is 5.14. The van der Waals surface area contributed by atoms with E-state index in [-0.39, 0.29) is 22.7 Å². The fraction of sp³-hybridized carbons (Fsp3) is 0.625. The van der Waals surface area contributed by atoms with E-state index in [1.807, 2.05) is 0 Å². The Hall–Kier alpha value is -1.86. The van der Waals surface area contributed by atoms with Gasteiger partial charge >= 0.3 is 5.97 Å². The Morgan fingerprint density at radius 2 is 2.22 bits per heavy atom. The topological polar surface area (TPSA) is 94.9 Å². The molecule has 5 rings (SSSR count). The third-order valence-electron chi connectivity index (χ3n) is 5.57. The van der Waals surface area contributed by atoms with Crippen molar-refractivity contribution in [1.29, 1.82) is 0 Å². The van der Waals surface area contributed by atoms with E-state index in [9.17, 15) is 15.0 Å². The van der Waals surface area contributed by atoms with E-state index in [4.69, 9.17) is 4.74 Å². The van der Waals surface area contributed by atoms with Gasteiger partial charge in [0.2, 0.25) is 0 Å². The van der Waals surface area contributed by atoms with Crippen molar-refractivity contribution in [2.75, 3.05) is 25.5 Å². The number of ether oxygens (including phenoxy) is 1. The van der Waals surface area contributed by atoms with Crippen molar-refractivity contribution in [3.05, 3.63) is 17.8 Å². The van der Waals surface area contributed by atoms with Crippen molar-refractivity contribution in [3.8, 4) is 5.75 Å². The summed E-state index contributed by atoms with van der Waals surface area (Å²) in [5.74, 6) is -0.341. The fourth-order valence-corrected chi connectivity index (χ4v) is 4.54. The van der Waals surface area contributed by atoms with Gasteiger partial charge in [0.15, 0.2) is 0 Å². The monoisotopic (exact) mass is 319 g/mol. The highest BCUT2D eigenvalue weighted by atomic mass is 16.5. The zero-order chi connectivity index (χ0) is 16.2. The van der Waals surface area contributed by atoms with Gasteiger partial charge in [-0.2, -0.15) is 0 Å². The average molecular weight is 319 g/mol. The zero-order valence-corrected chi connectivity index (χ0v) is 13.1. The first kappa shape index (κ1) is 14.7. The summed E-state index contributed by atoms with van der Waals surface area (Å²) < 4.78 is 5.14. The van der Waals surface area contributed by atoms with Gasteiger partial charge in [0, 0.05) is 30.4 Å². The van der Waals surface area contributed by atoms with Gasteiger partial charge in [0.05, 0.1) is 13.2 Å². The zero-order valence-electron chi connectivity index (χ0n) is 13.1. The number of carbonyl (C=O) groups is 1. The average Bonchev–Trinajstić information content (AvgIpc) is 2.86. The van der Waals surface area contributed by atoms with Crippen LogP contribution in [0, 0.1) is 0 Å². The molecule has 3 aliphatic carbocycles. The molecule has 4 aliphatic rings. The number of nitrogens with zero attached hydrogens (tertiary/aromatic N) is 2. The lowest BCUT2D eigenvalue weighted by Gasteiger charge is -2.73. The maximum absolute atomic E-state index is 11.5. The van der Waals surface area contributed by atoms with Crippen LogP contribution in [0.15, 0.2) is 12.3 Å². The van der Waals surface area contributed by atoms with E-state index in [2.05, 4.69) is 15.2 Å². The maximum Gasteiger partial charge on any atom is 0.343 e. The SMILES string of the molecule is COc1ccnc(NC23CC(N4CCC(O)C4)(C2)C3)c1C(=O)O. The minimum atomic E-state index is -1.04. The largest absolute Gasteiger partial charge is 0.496 e. The van der Waals surface area contributed by atoms with Crippen molar-refractivity contribution in [1.82, 2.24) is 9.88 Å². The van der Waals surface area contributed by atoms with Crippen LogP contribution in [-0.4, -0.2) is 63.4 Å². The Bertz CT molecular complexity index is 643. The summed E-state index contributed by atoms with van der Waals surface area (Å²) >= 11 is 0. The third kappa shape index (κ3) is 2.10. The maximum atomic E-state index is 11.5. The molecule has 4 fully saturated rings. The lowest BCUT2D eigenvalue weighted by atomic mass is 9.43. The van der Waals surface area contributed by atoms with E-state index in [1.54, 1.807) is 12.3 Å². The predicted octanol–water partition coefficient (Wildman–Crippen LogP) is 0.942. The lowest BCUT2D eigenvalue weighted by Crippen LogP contribution is -2.81. The summed E-state index contributed by atoms with van der Waals surface area (Å²) in [6.45, 7) is 1.71. The van der Waals surface area contributed by atoms with Crippen LogP contribution in [0.25, 0.3) is 0 Å². The van der Waals surface area contributed by atoms with Crippen LogP contribution in [-0.2, 0) is 0 Å². The van der Waals surface area contributed by atoms with Gasteiger partial charge in [0.1, 0.15) is 17.1 Å². The predicted molar refractivity (Wildman–Crippen MR) is 82.9 cm³/mol. The number of carboxylic acids is 1. The number of β-amino-alcohol motifs (C(OH)–C–C–N with tert-alkyl or cyclic N) is 1. The van der Waals surface area contributed by atoms with Crippen LogP contribution in [0.3, 0.4) is 0 Å². The van der Waals surface area contributed by atoms with Crippen molar-refractivity contribution >= 4 is 11.8 Å². The standard InChI is InChI=1S/C16H21N3O4/c1-23-11-2-4-17-13(12(11)14(21)22)18-15-7-16(8-15,9-15)19-5-3-10(20)6-19/h2,4,10,20H,3,5-9H2,1H3,(H,17,18)(H,21,22). The molecule has 124 valence electrons. The third-order valence-corrected chi connectivity index (χ3v) is 5.57. The van der Waals surface area contributed by atoms with Gasteiger partial charge in [-0.3, -0.25) is 4.90 Å². The van der Waals surface area contributed by atoms with Gasteiger partial charge in [-0.15, -0.1) is 0 Å². The van der Waals surface area contributed by atoms with Crippen molar-refractivity contribution in [2.45, 2.75) is 42.9 Å². The van der Waals surface area contributed by atoms with E-state index >= 15 is 0 Å². The first-order chi connectivity index (χ1) is 11.0. The quantitative estimate of drug-likeness (QED) is 0.743. The number of pyridine rings is 1. The minimum Gasteiger partial charge on any atom is -0.496 e. The Balaban J connectivity index is 1.49. The molecule has 2 bridgehead atoms. The lowest BCUT2D eigenvalue weighted by molar-refractivity contribution is -0.145. The van der Waals surface area contributed by atoms with E-state index in [0.717, 1.165) is 38.8 Å². The smallest absolute Gasteiger partial charge is 0.343 e. The molecule has 0 spiro atoms. The van der Waals surface area contributed by atoms with Crippen molar-refractivity contribution < 1.29 is 19.7 Å². The highest BCUT2D eigenvalue weighted by Crippen LogP contribution is 2.65. The van der Waals surface area contributed by atoms with Crippen LogP contribution < -0.4 is 10.1 Å². The second kappa shape index (κ2) is 4.82. The summed E-state index contributed by atoms with van der Waals surface area (Å²) in [6, 6.07) is 1.56. The highest BCUT2D eigenvalue weighted by Gasteiger charge is 2.70. The molecule has 23 heavy (non-hydrogen) atoms. The molecule has 1 aliphatic heterocycles. The molecule has 0 aromatic carbocycles. The molecular formula is C16H21N3O4. The van der Waals surface area contributed by atoms with Crippen LogP contribution in [0.5, 0.6) is 5.75 Å². The molecule has 1 aromatic heterocycles. The summed E-state index contributed by atoms with van der Waals surface area (Å²) in [5, 5.41) is 22.5. The Morgan fingerprint density at radius 3 is 2.78 bits per heavy atom. The van der Waals surface area contributed by atoms with E-state index in [1.165, 1.54) is 7.11 Å². The number of likely N-dealkylation sites (tertiary alicyclic amines) is 1. The molecule has 1 atom stereocenters. The molecule has 1 saturated heterocycles. The van der Waals surface area contributed by atoms with Crippen LogP contribution >= 0.6 is 0 Å². The van der Waals surface area contributed by atoms with Gasteiger partial charge in [0.25, 0.3) is 0 Å². The number of hydrogen-bond donors (Lipinski definition) is 3. The number of anilines is 1. The molecule has 1 aromatic rings. The number of methoxy groups -OCH3 is 1. The van der Waals surface area contributed by atoms with E-state index < -0.39 is 5.97 Å². The summed E-state index contributed by atoms with van der Waals surface area (Å²) in [7, 11) is 1.46. The number of carboxylic acid groups (broad SMARTS) is 1. The number of aromatic nitrogens is 1. The van der Waals surface area contributed by atoms with E-state index in [0.29, 0.717) is 11.6 Å². The van der Waals surface area contributed by atoms with Gasteiger partial charge in [-0.1, -0.05) is 0 Å². The first-order valence-electron chi connectivity index (χ1n) is 7.95. The van der Waals surface area contributed by atoms with Crippen molar-refractivity contribution in [2.24, 2.45) is 0 Å². The number of aliphatic hydroxyl groups excluding tert-OH is 1. The Morgan fingerprint density at radius 1 is 1.48 bits per heavy atom. The first-order valence-corrected chi connectivity index (χ1v) is 7.95. The molecule has 3 saturated carbocycles. The van der Waals surface area contributed by atoms with Gasteiger partial charge < -0.3 is 20.3 Å². The Labute approximate surface area is 134 Å². The second-order valence-corrected chi connectivity index (χ2v) is 7.09. The number of nitrogens with one attached hydrogen (secondary N) is 1. The second-order valence-electron chi connectivity index (χ2n) is 7.09. The molecule has 1 unspecified atom stereocenters. The highest BCUT2D eigenvalue weighted by molar-refractivity contribution is 5.96. The molecule has 7 nitrogen and oxygen atoms in total. The summed E-state index contributed by atoms with van der Waals surface area (Å²) in [4.78, 5) is 18.1. The Kier molecular flexibility index (Phi) is 3.08. The van der Waals surface area contributed by atoms with Gasteiger partial charge in [-0.25, -0.2) is 9.78 Å². The molecule has 0 amide bonds. The van der Waals surface area contributed by atoms with Crippen LogP contribution in [0.1, 0.15) is 36.0 Å². The molecular weight excluding hydrogens is 298 g/mol. The molecule has 0 radical (unpaired) electrons. The summed E-state index contributed by atoms with van der Waals surface area (Å²) in [5.41, 5.74) is 0.231. The van der Waals surface area contributed by atoms with Crippen LogP contribution in [0.2, 0.25) is 0 Å². The van der Waals surface area contributed by atoms with Gasteiger partial charge in [-0.05, 0) is 31.7 Å². The number of aromatic carboxylic acids is 1. The number of aliphatic hydroxyl groups is 1. The molecule has 7 heteroatoms. The van der Waals surface area contributed by atoms with Crippen LogP contribution in [0.4, 0.5) is 5.82 Å². The normalized spacial score (nSPS) is 35.3. The number of rotatable bonds is 5. The number of hydrogen-bond acceptors (Lipinski definition) is 6. The molecule has 3 N–H and O–H groups in total. The minimum absolute atomic E-state index is 0.0584. The fourth-order valence-electron chi connectivity index (χ4n) is 4.54. The van der Waals surface area contributed by atoms with Crippen molar-refractivity contribution in [3.63, 3.8) is 0 Å². The molecule has 2 heterocycles.